The average molecular weight is 275 g/mol. The molecule has 0 aliphatic carbocycles. The van der Waals surface area contributed by atoms with Gasteiger partial charge in [-0.05, 0) is 49.3 Å². The largest absolute Gasteiger partial charge is 0.326 e. The second-order valence-corrected chi connectivity index (χ2v) is 6.23. The lowest BCUT2D eigenvalue weighted by Gasteiger charge is -2.34. The molecule has 2 atom stereocenters. The van der Waals surface area contributed by atoms with Gasteiger partial charge in [-0.25, -0.2) is 0 Å². The lowest BCUT2D eigenvalue weighted by atomic mass is 9.82. The number of hydrogen-bond donors (Lipinski definition) is 1. The predicted molar refractivity (Wildman–Crippen MR) is 84.4 cm³/mol. The monoisotopic (exact) mass is 275 g/mol. The molecule has 0 amide bonds. The van der Waals surface area contributed by atoms with Crippen molar-refractivity contribution in [1.29, 1.82) is 0 Å². The third-order valence-electron chi connectivity index (χ3n) is 5.26. The Morgan fingerprint density at radius 3 is 2.60 bits per heavy atom. The van der Waals surface area contributed by atoms with Gasteiger partial charge < -0.3 is 5.73 Å². The number of aromatic nitrogens is 1. The standard InChI is InChI=1S/C17H29N3/c1-4-15(18)16(14-8-7-10-19-12-14)20-11-9-17(5-2,6-3)13-20/h7-8,10,12,15-16H,4-6,9,11,13,18H2,1-3H3. The molecule has 2 rings (SSSR count). The quantitative estimate of drug-likeness (QED) is 0.865. The highest BCUT2D eigenvalue weighted by molar-refractivity contribution is 5.17. The van der Waals surface area contributed by atoms with Crippen LogP contribution in [0.3, 0.4) is 0 Å². The zero-order valence-electron chi connectivity index (χ0n) is 13.2. The van der Waals surface area contributed by atoms with E-state index >= 15 is 0 Å². The molecule has 0 spiro atoms. The van der Waals surface area contributed by atoms with Crippen molar-refractivity contribution in [2.45, 2.75) is 58.5 Å². The minimum atomic E-state index is 0.184. The Bertz CT molecular complexity index is 400. The van der Waals surface area contributed by atoms with E-state index in [1.807, 2.05) is 18.5 Å². The first-order chi connectivity index (χ1) is 9.65. The van der Waals surface area contributed by atoms with E-state index in [1.54, 1.807) is 0 Å². The molecule has 2 heterocycles. The Morgan fingerprint density at radius 2 is 2.10 bits per heavy atom. The van der Waals surface area contributed by atoms with Crippen molar-refractivity contribution >= 4 is 0 Å². The minimum absolute atomic E-state index is 0.184. The molecule has 3 heteroatoms. The van der Waals surface area contributed by atoms with Crippen LogP contribution in [-0.2, 0) is 0 Å². The van der Waals surface area contributed by atoms with Gasteiger partial charge in [-0.1, -0.05) is 26.8 Å². The third-order valence-corrected chi connectivity index (χ3v) is 5.26. The van der Waals surface area contributed by atoms with Crippen molar-refractivity contribution in [1.82, 2.24) is 9.88 Å². The zero-order chi connectivity index (χ0) is 14.6. The maximum atomic E-state index is 6.43. The molecular formula is C17H29N3. The van der Waals surface area contributed by atoms with Crippen LogP contribution in [0.25, 0.3) is 0 Å². The average Bonchev–Trinajstić information content (AvgIpc) is 2.93. The molecule has 3 nitrogen and oxygen atoms in total. The Hall–Kier alpha value is -0.930. The van der Waals surface area contributed by atoms with Crippen molar-refractivity contribution in [3.05, 3.63) is 30.1 Å². The van der Waals surface area contributed by atoms with Crippen LogP contribution in [-0.4, -0.2) is 29.0 Å². The van der Waals surface area contributed by atoms with Crippen molar-refractivity contribution in [3.63, 3.8) is 0 Å². The molecule has 1 fully saturated rings. The summed E-state index contributed by atoms with van der Waals surface area (Å²) in [4.78, 5) is 6.88. The zero-order valence-corrected chi connectivity index (χ0v) is 13.2. The maximum absolute atomic E-state index is 6.43. The molecule has 1 aromatic rings. The van der Waals surface area contributed by atoms with Crippen LogP contribution in [0.5, 0.6) is 0 Å². The highest BCUT2D eigenvalue weighted by Gasteiger charge is 2.39. The summed E-state index contributed by atoms with van der Waals surface area (Å²) in [6, 6.07) is 4.69. The fourth-order valence-corrected chi connectivity index (χ4v) is 3.54. The van der Waals surface area contributed by atoms with Gasteiger partial charge in [-0.15, -0.1) is 0 Å². The molecule has 1 saturated heterocycles. The van der Waals surface area contributed by atoms with Crippen LogP contribution >= 0.6 is 0 Å². The van der Waals surface area contributed by atoms with E-state index in [2.05, 4.69) is 36.7 Å². The summed E-state index contributed by atoms with van der Waals surface area (Å²) in [5.74, 6) is 0. The highest BCUT2D eigenvalue weighted by atomic mass is 15.2. The first-order valence-electron chi connectivity index (χ1n) is 8.05. The van der Waals surface area contributed by atoms with Crippen molar-refractivity contribution in [2.75, 3.05) is 13.1 Å². The summed E-state index contributed by atoms with van der Waals surface area (Å²) in [5.41, 5.74) is 8.19. The van der Waals surface area contributed by atoms with Gasteiger partial charge in [0.1, 0.15) is 0 Å². The molecule has 0 bridgehead atoms. The first-order valence-corrected chi connectivity index (χ1v) is 8.05. The lowest BCUT2D eigenvalue weighted by molar-refractivity contribution is 0.171. The summed E-state index contributed by atoms with van der Waals surface area (Å²) in [7, 11) is 0. The minimum Gasteiger partial charge on any atom is -0.326 e. The van der Waals surface area contributed by atoms with Crippen molar-refractivity contribution < 1.29 is 0 Å². The van der Waals surface area contributed by atoms with Gasteiger partial charge in [0, 0.05) is 25.0 Å². The summed E-state index contributed by atoms with van der Waals surface area (Å²) < 4.78 is 0. The van der Waals surface area contributed by atoms with Crippen LogP contribution < -0.4 is 5.73 Å². The highest BCUT2D eigenvalue weighted by Crippen LogP contribution is 2.41. The number of hydrogen-bond acceptors (Lipinski definition) is 3. The fraction of sp³-hybridized carbons (Fsp3) is 0.706. The molecule has 2 unspecified atom stereocenters. The van der Waals surface area contributed by atoms with Crippen LogP contribution in [0.15, 0.2) is 24.5 Å². The topological polar surface area (TPSA) is 42.1 Å². The van der Waals surface area contributed by atoms with E-state index in [1.165, 1.54) is 31.4 Å². The number of likely N-dealkylation sites (tertiary alicyclic amines) is 1. The first kappa shape index (κ1) is 15.5. The molecular weight excluding hydrogens is 246 g/mol. The number of nitrogens with two attached hydrogens (primary N) is 1. The van der Waals surface area contributed by atoms with Gasteiger partial charge in [0.25, 0.3) is 0 Å². The van der Waals surface area contributed by atoms with Crippen LogP contribution in [0.1, 0.15) is 58.1 Å². The van der Waals surface area contributed by atoms with Crippen LogP contribution in [0.4, 0.5) is 0 Å². The second kappa shape index (κ2) is 6.68. The van der Waals surface area contributed by atoms with E-state index in [0.29, 0.717) is 11.5 Å². The number of rotatable bonds is 6. The Morgan fingerprint density at radius 1 is 1.35 bits per heavy atom. The fourth-order valence-electron chi connectivity index (χ4n) is 3.54. The van der Waals surface area contributed by atoms with Crippen molar-refractivity contribution in [2.24, 2.45) is 11.1 Å². The molecule has 1 aromatic heterocycles. The molecule has 112 valence electrons. The molecule has 20 heavy (non-hydrogen) atoms. The van der Waals surface area contributed by atoms with Gasteiger partial charge in [0.2, 0.25) is 0 Å². The van der Waals surface area contributed by atoms with E-state index in [-0.39, 0.29) is 6.04 Å². The van der Waals surface area contributed by atoms with Gasteiger partial charge in [0.15, 0.2) is 0 Å². The Balaban J connectivity index is 2.21. The SMILES string of the molecule is CCC(N)C(c1cccnc1)N1CCC(CC)(CC)C1. The van der Waals surface area contributed by atoms with Gasteiger partial charge >= 0.3 is 0 Å². The molecule has 1 aliphatic rings. The Labute approximate surface area is 123 Å². The molecule has 2 N–H and O–H groups in total. The summed E-state index contributed by atoms with van der Waals surface area (Å²) in [5, 5.41) is 0. The van der Waals surface area contributed by atoms with Gasteiger partial charge in [-0.2, -0.15) is 0 Å². The van der Waals surface area contributed by atoms with Crippen LogP contribution in [0, 0.1) is 5.41 Å². The maximum Gasteiger partial charge on any atom is 0.0514 e. The van der Waals surface area contributed by atoms with Crippen molar-refractivity contribution in [3.8, 4) is 0 Å². The van der Waals surface area contributed by atoms with E-state index < -0.39 is 0 Å². The van der Waals surface area contributed by atoms with E-state index in [4.69, 9.17) is 5.73 Å². The van der Waals surface area contributed by atoms with E-state index in [9.17, 15) is 0 Å². The number of nitrogens with zero attached hydrogens (tertiary/aromatic N) is 2. The predicted octanol–water partition coefficient (Wildman–Crippen LogP) is 3.37. The second-order valence-electron chi connectivity index (χ2n) is 6.23. The smallest absolute Gasteiger partial charge is 0.0514 e. The van der Waals surface area contributed by atoms with Crippen LogP contribution in [0.2, 0.25) is 0 Å². The Kier molecular flexibility index (Phi) is 5.17. The summed E-state index contributed by atoms with van der Waals surface area (Å²) in [6.07, 6.45) is 8.65. The third kappa shape index (κ3) is 3.04. The summed E-state index contributed by atoms with van der Waals surface area (Å²) >= 11 is 0. The van der Waals surface area contributed by atoms with E-state index in [0.717, 1.165) is 13.0 Å². The lowest BCUT2D eigenvalue weighted by Crippen LogP contribution is -2.40. The molecule has 1 aliphatic heterocycles. The van der Waals surface area contributed by atoms with Gasteiger partial charge in [0.05, 0.1) is 6.04 Å². The molecule has 0 aromatic carbocycles. The molecule has 0 radical (unpaired) electrons. The molecule has 0 saturated carbocycles. The van der Waals surface area contributed by atoms with Gasteiger partial charge in [-0.3, -0.25) is 9.88 Å². The number of pyridine rings is 1. The normalized spacial score (nSPS) is 21.8. The summed E-state index contributed by atoms with van der Waals surface area (Å²) in [6.45, 7) is 9.16.